The van der Waals surface area contributed by atoms with Crippen molar-refractivity contribution in [2.45, 2.75) is 33.0 Å². The van der Waals surface area contributed by atoms with Crippen molar-refractivity contribution in [3.63, 3.8) is 0 Å². The number of alkyl halides is 3. The molecule has 0 saturated heterocycles. The van der Waals surface area contributed by atoms with E-state index in [0.29, 0.717) is 11.1 Å². The Morgan fingerprint density at radius 2 is 1.67 bits per heavy atom. The fourth-order valence-electron chi connectivity index (χ4n) is 2.73. The maximum Gasteiger partial charge on any atom is 0.416 e. The molecule has 0 bridgehead atoms. The Labute approximate surface area is 155 Å². The first-order valence-electron chi connectivity index (χ1n) is 8.39. The van der Waals surface area contributed by atoms with Gasteiger partial charge in [-0.05, 0) is 50.6 Å². The third kappa shape index (κ3) is 5.84. The maximum absolute atomic E-state index is 12.8. The Morgan fingerprint density at radius 3 is 2.26 bits per heavy atom. The first kappa shape index (κ1) is 20.5. The molecule has 2 aromatic carbocycles. The zero-order chi connectivity index (χ0) is 20.2. The zero-order valence-electron chi connectivity index (χ0n) is 15.3. The Hall–Kier alpha value is -2.83. The van der Waals surface area contributed by atoms with E-state index >= 15 is 0 Å². The standard InChI is InChI=1S/C20H21F3N2O2/c1-12-7-13(2)9-16(8-12)19(27)24-11-18(26)25-14(3)15-5-4-6-17(10-15)20(21,22)23/h4-10,14H,11H2,1-3H3,(H,24,27)(H,25,26)/t14-/m1/s1. The Morgan fingerprint density at radius 1 is 1.04 bits per heavy atom. The van der Waals surface area contributed by atoms with Crippen molar-refractivity contribution >= 4 is 11.8 Å². The molecule has 7 heteroatoms. The number of aryl methyl sites for hydroxylation is 2. The van der Waals surface area contributed by atoms with Crippen LogP contribution in [0.2, 0.25) is 0 Å². The topological polar surface area (TPSA) is 58.2 Å². The normalized spacial score (nSPS) is 12.4. The summed E-state index contributed by atoms with van der Waals surface area (Å²) in [5.74, 6) is -0.874. The van der Waals surface area contributed by atoms with Gasteiger partial charge in [0.05, 0.1) is 18.2 Å². The van der Waals surface area contributed by atoms with Crippen molar-refractivity contribution in [3.8, 4) is 0 Å². The molecule has 2 rings (SSSR count). The summed E-state index contributed by atoms with van der Waals surface area (Å²) in [6, 6.07) is 9.51. The Bertz CT molecular complexity index is 827. The predicted molar refractivity (Wildman–Crippen MR) is 96.3 cm³/mol. The van der Waals surface area contributed by atoms with Crippen LogP contribution < -0.4 is 10.6 Å². The number of hydrogen-bond donors (Lipinski definition) is 2. The lowest BCUT2D eigenvalue weighted by atomic mass is 10.0. The highest BCUT2D eigenvalue weighted by molar-refractivity contribution is 5.96. The van der Waals surface area contributed by atoms with E-state index in [1.165, 1.54) is 12.1 Å². The minimum Gasteiger partial charge on any atom is -0.348 e. The molecule has 1 atom stereocenters. The van der Waals surface area contributed by atoms with E-state index in [9.17, 15) is 22.8 Å². The van der Waals surface area contributed by atoms with Crippen LogP contribution in [0.4, 0.5) is 13.2 Å². The van der Waals surface area contributed by atoms with Gasteiger partial charge in [0, 0.05) is 5.56 Å². The summed E-state index contributed by atoms with van der Waals surface area (Å²) in [5, 5.41) is 5.10. The highest BCUT2D eigenvalue weighted by Gasteiger charge is 2.30. The summed E-state index contributed by atoms with van der Waals surface area (Å²) >= 11 is 0. The van der Waals surface area contributed by atoms with E-state index in [-0.39, 0.29) is 12.5 Å². The third-order valence-electron chi connectivity index (χ3n) is 3.98. The molecule has 0 saturated carbocycles. The smallest absolute Gasteiger partial charge is 0.348 e. The molecule has 0 unspecified atom stereocenters. The maximum atomic E-state index is 12.8. The van der Waals surface area contributed by atoms with Crippen molar-refractivity contribution in [3.05, 3.63) is 70.3 Å². The fraction of sp³-hybridized carbons (Fsp3) is 0.300. The summed E-state index contributed by atoms with van der Waals surface area (Å²) in [7, 11) is 0. The van der Waals surface area contributed by atoms with Gasteiger partial charge in [0.15, 0.2) is 0 Å². The van der Waals surface area contributed by atoms with Crippen molar-refractivity contribution in [2.24, 2.45) is 0 Å². The lowest BCUT2D eigenvalue weighted by Gasteiger charge is -2.16. The third-order valence-corrected chi connectivity index (χ3v) is 3.98. The average molecular weight is 378 g/mol. The second-order valence-electron chi connectivity index (χ2n) is 6.47. The molecule has 2 aromatic rings. The van der Waals surface area contributed by atoms with Crippen LogP contribution in [0.3, 0.4) is 0 Å². The van der Waals surface area contributed by atoms with Gasteiger partial charge < -0.3 is 10.6 Å². The number of rotatable bonds is 5. The van der Waals surface area contributed by atoms with Crippen LogP contribution in [-0.2, 0) is 11.0 Å². The van der Waals surface area contributed by atoms with Gasteiger partial charge in [0.1, 0.15) is 0 Å². The monoisotopic (exact) mass is 378 g/mol. The van der Waals surface area contributed by atoms with Gasteiger partial charge in [-0.1, -0.05) is 29.3 Å². The van der Waals surface area contributed by atoms with E-state index < -0.39 is 23.7 Å². The van der Waals surface area contributed by atoms with Gasteiger partial charge in [-0.15, -0.1) is 0 Å². The number of hydrogen-bond acceptors (Lipinski definition) is 2. The van der Waals surface area contributed by atoms with Crippen LogP contribution in [-0.4, -0.2) is 18.4 Å². The number of benzene rings is 2. The second-order valence-corrected chi connectivity index (χ2v) is 6.47. The average Bonchev–Trinajstić information content (AvgIpc) is 2.58. The summed E-state index contributed by atoms with van der Waals surface area (Å²) in [5.41, 5.74) is 1.87. The largest absolute Gasteiger partial charge is 0.416 e. The van der Waals surface area contributed by atoms with Gasteiger partial charge in [-0.3, -0.25) is 9.59 Å². The molecule has 0 fully saturated rings. The highest BCUT2D eigenvalue weighted by atomic mass is 19.4. The summed E-state index contributed by atoms with van der Waals surface area (Å²) in [6.45, 7) is 5.05. The van der Waals surface area contributed by atoms with Crippen LogP contribution in [0.15, 0.2) is 42.5 Å². The number of nitrogens with one attached hydrogen (secondary N) is 2. The number of carbonyl (C=O) groups is 2. The lowest BCUT2D eigenvalue weighted by molar-refractivity contribution is -0.137. The van der Waals surface area contributed by atoms with Crippen LogP contribution in [0.5, 0.6) is 0 Å². The van der Waals surface area contributed by atoms with E-state index in [1.54, 1.807) is 19.1 Å². The highest BCUT2D eigenvalue weighted by Crippen LogP contribution is 2.30. The molecule has 4 nitrogen and oxygen atoms in total. The van der Waals surface area contributed by atoms with Crippen molar-refractivity contribution < 1.29 is 22.8 Å². The van der Waals surface area contributed by atoms with E-state index in [0.717, 1.165) is 23.3 Å². The lowest BCUT2D eigenvalue weighted by Crippen LogP contribution is -2.38. The molecule has 0 radical (unpaired) electrons. The minimum absolute atomic E-state index is 0.269. The molecular weight excluding hydrogens is 357 g/mol. The molecule has 0 aliphatic heterocycles. The van der Waals surface area contributed by atoms with E-state index in [4.69, 9.17) is 0 Å². The predicted octanol–water partition coefficient (Wildman–Crippen LogP) is 3.93. The van der Waals surface area contributed by atoms with Crippen LogP contribution >= 0.6 is 0 Å². The molecule has 0 aliphatic rings. The first-order chi connectivity index (χ1) is 12.6. The molecular formula is C20H21F3N2O2. The molecule has 144 valence electrons. The SMILES string of the molecule is Cc1cc(C)cc(C(=O)NCC(=O)N[C@H](C)c2cccc(C(F)(F)F)c2)c1. The van der Waals surface area contributed by atoms with Crippen molar-refractivity contribution in [1.82, 2.24) is 10.6 Å². The van der Waals surface area contributed by atoms with Crippen molar-refractivity contribution in [2.75, 3.05) is 6.54 Å². The van der Waals surface area contributed by atoms with E-state index in [1.807, 2.05) is 19.9 Å². The van der Waals surface area contributed by atoms with Crippen LogP contribution in [0.1, 0.15) is 45.6 Å². The molecule has 2 N–H and O–H groups in total. The van der Waals surface area contributed by atoms with Gasteiger partial charge in [-0.25, -0.2) is 0 Å². The zero-order valence-corrected chi connectivity index (χ0v) is 15.3. The van der Waals surface area contributed by atoms with Gasteiger partial charge in [0.2, 0.25) is 5.91 Å². The molecule has 0 spiro atoms. The molecule has 0 aromatic heterocycles. The summed E-state index contributed by atoms with van der Waals surface area (Å²) in [6.07, 6.45) is -4.44. The molecule has 2 amide bonds. The van der Waals surface area contributed by atoms with Gasteiger partial charge in [-0.2, -0.15) is 13.2 Å². The number of carbonyl (C=O) groups excluding carboxylic acids is 2. The minimum atomic E-state index is -4.44. The quantitative estimate of drug-likeness (QED) is 0.828. The van der Waals surface area contributed by atoms with Gasteiger partial charge >= 0.3 is 6.18 Å². The Balaban J connectivity index is 1.94. The first-order valence-corrected chi connectivity index (χ1v) is 8.39. The van der Waals surface area contributed by atoms with Gasteiger partial charge in [0.25, 0.3) is 5.91 Å². The van der Waals surface area contributed by atoms with E-state index in [2.05, 4.69) is 10.6 Å². The van der Waals surface area contributed by atoms with Crippen LogP contribution in [0.25, 0.3) is 0 Å². The summed E-state index contributed by atoms with van der Waals surface area (Å²) in [4.78, 5) is 24.2. The molecule has 27 heavy (non-hydrogen) atoms. The van der Waals surface area contributed by atoms with Crippen LogP contribution in [0, 0.1) is 13.8 Å². The van der Waals surface area contributed by atoms with Crippen molar-refractivity contribution in [1.29, 1.82) is 0 Å². The number of amides is 2. The fourth-order valence-corrected chi connectivity index (χ4v) is 2.73. The summed E-state index contributed by atoms with van der Waals surface area (Å²) < 4.78 is 38.4. The molecule has 0 heterocycles. The second kappa shape index (κ2) is 8.24. The Kier molecular flexibility index (Phi) is 6.25. The number of halogens is 3. The molecule has 0 aliphatic carbocycles.